The van der Waals surface area contributed by atoms with Gasteiger partial charge in [0.05, 0.1) is 12.8 Å². The zero-order chi connectivity index (χ0) is 16.3. The Morgan fingerprint density at radius 3 is 2.41 bits per heavy atom. The number of nitrogens with one attached hydrogen (secondary N) is 1. The average Bonchev–Trinajstić information content (AvgIpc) is 2.47. The minimum atomic E-state index is -4.96. The lowest BCUT2D eigenvalue weighted by Gasteiger charge is -2.15. The molecule has 0 fully saturated rings. The maximum Gasteiger partial charge on any atom is 0.471 e. The van der Waals surface area contributed by atoms with Gasteiger partial charge in [-0.25, -0.2) is 0 Å². The van der Waals surface area contributed by atoms with Crippen LogP contribution in [0.15, 0.2) is 36.7 Å². The highest BCUT2D eigenvalue weighted by atomic mass is 19.4. The lowest BCUT2D eigenvalue weighted by atomic mass is 10.0. The summed E-state index contributed by atoms with van der Waals surface area (Å²) in [6.07, 6.45) is -1.73. The second-order valence-corrected chi connectivity index (χ2v) is 4.56. The zero-order valence-corrected chi connectivity index (χ0v) is 11.9. The normalized spacial score (nSPS) is 11.1. The van der Waals surface area contributed by atoms with Gasteiger partial charge in [0.1, 0.15) is 5.75 Å². The molecule has 0 unspecified atom stereocenters. The fourth-order valence-electron chi connectivity index (χ4n) is 1.99. The zero-order valence-electron chi connectivity index (χ0n) is 11.9. The van der Waals surface area contributed by atoms with Crippen LogP contribution >= 0.6 is 0 Å². The van der Waals surface area contributed by atoms with Crippen molar-refractivity contribution < 1.29 is 22.7 Å². The van der Waals surface area contributed by atoms with E-state index >= 15 is 0 Å². The number of methoxy groups -OCH3 is 1. The van der Waals surface area contributed by atoms with Crippen LogP contribution in [0.4, 0.5) is 18.9 Å². The van der Waals surface area contributed by atoms with Crippen LogP contribution in [0.2, 0.25) is 0 Å². The number of aryl methyl sites for hydroxylation is 1. The van der Waals surface area contributed by atoms with Crippen LogP contribution in [-0.2, 0) is 4.79 Å². The molecule has 1 heterocycles. The predicted octanol–water partition coefficient (Wildman–Crippen LogP) is 3.57. The molecule has 0 aliphatic heterocycles. The largest absolute Gasteiger partial charge is 0.495 e. The van der Waals surface area contributed by atoms with Gasteiger partial charge in [-0.2, -0.15) is 13.2 Å². The second kappa shape index (κ2) is 6.05. The molecule has 4 nitrogen and oxygen atoms in total. The number of benzene rings is 1. The van der Waals surface area contributed by atoms with Crippen molar-refractivity contribution in [3.8, 4) is 16.9 Å². The summed E-state index contributed by atoms with van der Waals surface area (Å²) in [6.45, 7) is 1.73. The first-order valence-corrected chi connectivity index (χ1v) is 6.30. The maximum atomic E-state index is 12.4. The van der Waals surface area contributed by atoms with Crippen molar-refractivity contribution >= 4 is 11.6 Å². The van der Waals surface area contributed by atoms with E-state index in [1.807, 2.05) is 5.32 Å². The first kappa shape index (κ1) is 15.8. The molecule has 116 valence electrons. The predicted molar refractivity (Wildman–Crippen MR) is 75.6 cm³/mol. The number of rotatable bonds is 3. The van der Waals surface area contributed by atoms with E-state index in [0.29, 0.717) is 5.56 Å². The first-order valence-electron chi connectivity index (χ1n) is 6.30. The summed E-state index contributed by atoms with van der Waals surface area (Å²) in [6, 6.07) is 6.57. The standard InChI is InChI=1S/C15H13F3N2O2/c1-9-7-12(20-14(21)15(16,17)18)13(22-2)8-11(9)10-3-5-19-6-4-10/h3-8H,1-2H3,(H,20,21). The van der Waals surface area contributed by atoms with E-state index < -0.39 is 12.1 Å². The molecule has 22 heavy (non-hydrogen) atoms. The summed E-state index contributed by atoms with van der Waals surface area (Å²) >= 11 is 0. The van der Waals surface area contributed by atoms with Gasteiger partial charge in [0.15, 0.2) is 0 Å². The molecule has 0 atom stereocenters. The highest BCUT2D eigenvalue weighted by Crippen LogP contribution is 2.34. The minimum absolute atomic E-state index is 0.0277. The smallest absolute Gasteiger partial charge is 0.471 e. The molecule has 0 saturated heterocycles. The molecule has 0 saturated carbocycles. The molecule has 7 heteroatoms. The molecule has 0 spiro atoms. The molecule has 2 rings (SSSR count). The monoisotopic (exact) mass is 310 g/mol. The summed E-state index contributed by atoms with van der Waals surface area (Å²) < 4.78 is 42.1. The molecule has 2 aromatic rings. The molecular weight excluding hydrogens is 297 g/mol. The number of carbonyl (C=O) groups excluding carboxylic acids is 1. The molecule has 0 aliphatic rings. The van der Waals surface area contributed by atoms with E-state index in [4.69, 9.17) is 4.74 Å². The van der Waals surface area contributed by atoms with Crippen LogP contribution in [0.5, 0.6) is 5.75 Å². The molecular formula is C15H13F3N2O2. The Morgan fingerprint density at radius 2 is 1.86 bits per heavy atom. The number of hydrogen-bond acceptors (Lipinski definition) is 3. The highest BCUT2D eigenvalue weighted by molar-refractivity contribution is 5.96. The summed E-state index contributed by atoms with van der Waals surface area (Å²) in [7, 11) is 1.32. The van der Waals surface area contributed by atoms with Crippen molar-refractivity contribution in [1.29, 1.82) is 0 Å². The number of hydrogen-bond donors (Lipinski definition) is 1. The Bertz CT molecular complexity index is 685. The van der Waals surface area contributed by atoms with Crippen LogP contribution in [0, 0.1) is 6.92 Å². The Labute approximate surface area is 124 Å². The number of anilines is 1. The maximum absolute atomic E-state index is 12.4. The number of alkyl halides is 3. The lowest BCUT2D eigenvalue weighted by molar-refractivity contribution is -0.167. The molecule has 0 bridgehead atoms. The third kappa shape index (κ3) is 3.36. The molecule has 1 aromatic heterocycles. The van der Waals surface area contributed by atoms with Crippen LogP contribution in [0.1, 0.15) is 5.56 Å². The number of ether oxygens (including phenoxy) is 1. The number of amides is 1. The van der Waals surface area contributed by atoms with Gasteiger partial charge in [0.25, 0.3) is 0 Å². The van der Waals surface area contributed by atoms with E-state index in [1.165, 1.54) is 13.2 Å². The third-order valence-electron chi connectivity index (χ3n) is 3.04. The van der Waals surface area contributed by atoms with E-state index in [2.05, 4.69) is 4.98 Å². The summed E-state index contributed by atoms with van der Waals surface area (Å²) in [5.41, 5.74) is 2.30. The van der Waals surface area contributed by atoms with Crippen LogP contribution in [0.25, 0.3) is 11.1 Å². The van der Waals surface area contributed by atoms with Crippen molar-refractivity contribution in [1.82, 2.24) is 4.98 Å². The number of pyridine rings is 1. The van der Waals surface area contributed by atoms with Gasteiger partial charge in [0, 0.05) is 12.4 Å². The van der Waals surface area contributed by atoms with Crippen molar-refractivity contribution in [2.24, 2.45) is 0 Å². The Hall–Kier alpha value is -2.57. The van der Waals surface area contributed by atoms with Gasteiger partial charge in [-0.15, -0.1) is 0 Å². The molecule has 1 aromatic carbocycles. The molecule has 0 aliphatic carbocycles. The van der Waals surface area contributed by atoms with Crippen molar-refractivity contribution in [2.45, 2.75) is 13.1 Å². The van der Waals surface area contributed by atoms with Crippen molar-refractivity contribution in [3.05, 3.63) is 42.2 Å². The van der Waals surface area contributed by atoms with Gasteiger partial charge in [0.2, 0.25) is 0 Å². The first-order chi connectivity index (χ1) is 10.3. The quantitative estimate of drug-likeness (QED) is 0.943. The van der Waals surface area contributed by atoms with Gasteiger partial charge in [-0.1, -0.05) is 0 Å². The summed E-state index contributed by atoms with van der Waals surface area (Å²) in [5.74, 6) is -1.89. The van der Waals surface area contributed by atoms with Gasteiger partial charge >= 0.3 is 12.1 Å². The van der Waals surface area contributed by atoms with Gasteiger partial charge in [-0.05, 0) is 47.9 Å². The van der Waals surface area contributed by atoms with E-state index in [0.717, 1.165) is 11.1 Å². The van der Waals surface area contributed by atoms with E-state index in [-0.39, 0.29) is 11.4 Å². The fourth-order valence-corrected chi connectivity index (χ4v) is 1.99. The summed E-state index contributed by atoms with van der Waals surface area (Å²) in [4.78, 5) is 15.0. The Morgan fingerprint density at radius 1 is 1.23 bits per heavy atom. The molecule has 1 amide bonds. The Kier molecular flexibility index (Phi) is 4.35. The topological polar surface area (TPSA) is 51.2 Å². The number of carbonyl (C=O) groups is 1. The van der Waals surface area contributed by atoms with Crippen LogP contribution in [-0.4, -0.2) is 24.2 Å². The summed E-state index contributed by atoms with van der Waals surface area (Å²) in [5, 5.41) is 1.82. The average molecular weight is 310 g/mol. The Balaban J connectivity index is 2.42. The van der Waals surface area contributed by atoms with Crippen molar-refractivity contribution in [2.75, 3.05) is 12.4 Å². The second-order valence-electron chi connectivity index (χ2n) is 4.56. The molecule has 0 radical (unpaired) electrons. The fraction of sp³-hybridized carbons (Fsp3) is 0.200. The minimum Gasteiger partial charge on any atom is -0.495 e. The van der Waals surface area contributed by atoms with Crippen molar-refractivity contribution in [3.63, 3.8) is 0 Å². The van der Waals surface area contributed by atoms with Crippen LogP contribution < -0.4 is 10.1 Å². The molecule has 1 N–H and O–H groups in total. The number of aromatic nitrogens is 1. The number of halogens is 3. The van der Waals surface area contributed by atoms with Gasteiger partial charge < -0.3 is 10.1 Å². The van der Waals surface area contributed by atoms with Gasteiger partial charge in [-0.3, -0.25) is 9.78 Å². The van der Waals surface area contributed by atoms with E-state index in [9.17, 15) is 18.0 Å². The van der Waals surface area contributed by atoms with E-state index in [1.54, 1.807) is 37.5 Å². The number of nitrogens with zero attached hydrogens (tertiary/aromatic N) is 1. The lowest BCUT2D eigenvalue weighted by Crippen LogP contribution is -2.30. The highest BCUT2D eigenvalue weighted by Gasteiger charge is 2.39. The van der Waals surface area contributed by atoms with Crippen LogP contribution in [0.3, 0.4) is 0 Å². The SMILES string of the molecule is COc1cc(-c2ccncc2)c(C)cc1NC(=O)C(F)(F)F. The third-order valence-corrected chi connectivity index (χ3v) is 3.04.